The Morgan fingerprint density at radius 3 is 2.23 bits per heavy atom. The molecule has 39 heavy (non-hydrogen) atoms. The van der Waals surface area contributed by atoms with Gasteiger partial charge in [0.25, 0.3) is 0 Å². The highest BCUT2D eigenvalue weighted by Gasteiger charge is 2.30. The maximum absolute atomic E-state index is 13.0. The monoisotopic (exact) mass is 535 g/mol. The smallest absolute Gasteiger partial charge is 0.416 e. The summed E-state index contributed by atoms with van der Waals surface area (Å²) in [5.41, 5.74) is 5.79. The summed E-state index contributed by atoms with van der Waals surface area (Å²) >= 11 is 0. The molecule has 1 heterocycles. The number of carbonyl (C=O) groups excluding carboxylic acids is 1. The van der Waals surface area contributed by atoms with Crippen molar-refractivity contribution in [3.63, 3.8) is 0 Å². The van der Waals surface area contributed by atoms with Gasteiger partial charge in [-0.15, -0.1) is 0 Å². The maximum Gasteiger partial charge on any atom is 0.416 e. The molecule has 0 saturated carbocycles. The molecule has 0 radical (unpaired) electrons. The van der Waals surface area contributed by atoms with Crippen LogP contribution in [-0.2, 0) is 35.0 Å². The average Bonchev–Trinajstić information content (AvgIpc) is 3.27. The number of alkyl halides is 3. The summed E-state index contributed by atoms with van der Waals surface area (Å²) in [5, 5.41) is 4.19. The first-order valence-electron chi connectivity index (χ1n) is 13.1. The van der Waals surface area contributed by atoms with Crippen LogP contribution in [0.1, 0.15) is 48.2 Å². The van der Waals surface area contributed by atoms with E-state index in [4.69, 9.17) is 9.26 Å². The Labute approximate surface area is 226 Å². The van der Waals surface area contributed by atoms with E-state index in [1.165, 1.54) is 12.1 Å². The number of halogens is 3. The van der Waals surface area contributed by atoms with Crippen LogP contribution in [-0.4, -0.2) is 17.7 Å². The highest BCUT2D eigenvalue weighted by atomic mass is 19.4. The highest BCUT2D eigenvalue weighted by molar-refractivity contribution is 5.74. The highest BCUT2D eigenvalue weighted by Crippen LogP contribution is 2.32. The quantitative estimate of drug-likeness (QED) is 0.192. The van der Waals surface area contributed by atoms with Gasteiger partial charge < -0.3 is 9.26 Å². The van der Waals surface area contributed by atoms with Crippen LogP contribution in [0.15, 0.2) is 77.3 Å². The molecule has 0 amide bonds. The minimum Gasteiger partial charge on any atom is -0.466 e. The van der Waals surface area contributed by atoms with Crippen LogP contribution in [0, 0.1) is 12.8 Å². The second kappa shape index (κ2) is 12.3. The van der Waals surface area contributed by atoms with Gasteiger partial charge in [0.15, 0.2) is 5.76 Å². The zero-order valence-electron chi connectivity index (χ0n) is 22.3. The van der Waals surface area contributed by atoms with E-state index in [0.717, 1.165) is 51.8 Å². The molecule has 3 aromatic carbocycles. The Hall–Kier alpha value is -3.87. The van der Waals surface area contributed by atoms with Gasteiger partial charge in [-0.25, -0.2) is 0 Å². The van der Waals surface area contributed by atoms with Gasteiger partial charge in [-0.2, -0.15) is 13.2 Å². The lowest BCUT2D eigenvalue weighted by Crippen LogP contribution is -2.07. The van der Waals surface area contributed by atoms with Gasteiger partial charge in [-0.05, 0) is 67.3 Å². The Morgan fingerprint density at radius 1 is 0.949 bits per heavy atom. The van der Waals surface area contributed by atoms with E-state index in [-0.39, 0.29) is 18.3 Å². The lowest BCUT2D eigenvalue weighted by Gasteiger charge is -2.13. The van der Waals surface area contributed by atoms with E-state index in [2.05, 4.69) is 12.1 Å². The second-order valence-corrected chi connectivity index (χ2v) is 9.88. The summed E-state index contributed by atoms with van der Waals surface area (Å²) in [4.78, 5) is 11.7. The number of esters is 1. The minimum absolute atomic E-state index is 0.226. The third-order valence-electron chi connectivity index (χ3n) is 6.81. The minimum atomic E-state index is -4.33. The van der Waals surface area contributed by atoms with Crippen molar-refractivity contribution in [1.29, 1.82) is 0 Å². The van der Waals surface area contributed by atoms with E-state index in [9.17, 15) is 18.0 Å². The molecule has 0 fully saturated rings. The summed E-state index contributed by atoms with van der Waals surface area (Å²) in [6.45, 7) is 6.17. The predicted octanol–water partition coefficient (Wildman–Crippen LogP) is 8.25. The first-order chi connectivity index (χ1) is 18.6. The largest absolute Gasteiger partial charge is 0.466 e. The lowest BCUT2D eigenvalue weighted by molar-refractivity contribution is -0.142. The van der Waals surface area contributed by atoms with Gasteiger partial charge in [0.05, 0.1) is 24.3 Å². The lowest BCUT2D eigenvalue weighted by atomic mass is 9.91. The number of hydrogen-bond acceptors (Lipinski definition) is 4. The number of aromatic nitrogens is 1. The standard InChI is InChI=1S/C32H32F3NO3/c1-4-38-30(37)20-24-10-12-25(13-11-24)26-14-16-27(17-15-26)31-29(22(3)36-39-31)18-21(2)8-9-23-6-5-7-28(19-23)32(33,34)35/h5-7,10-17,19,21H,4,8-9,18,20H2,1-3H3. The van der Waals surface area contributed by atoms with Crippen LogP contribution >= 0.6 is 0 Å². The van der Waals surface area contributed by atoms with Crippen molar-refractivity contribution in [3.05, 3.63) is 101 Å². The summed E-state index contributed by atoms with van der Waals surface area (Å²) in [7, 11) is 0. The molecule has 4 rings (SSSR count). The SMILES string of the molecule is CCOC(=O)Cc1ccc(-c2ccc(-c3onc(C)c3CC(C)CCc3cccc(C(F)(F)F)c3)cc2)cc1. The van der Waals surface area contributed by atoms with Crippen LogP contribution in [0.2, 0.25) is 0 Å². The first kappa shape index (κ1) is 28.1. The van der Waals surface area contributed by atoms with Crippen molar-refractivity contribution in [3.8, 4) is 22.5 Å². The third kappa shape index (κ3) is 7.37. The number of benzene rings is 3. The van der Waals surface area contributed by atoms with Gasteiger partial charge in [0, 0.05) is 11.1 Å². The topological polar surface area (TPSA) is 52.3 Å². The number of hydrogen-bond donors (Lipinski definition) is 0. The van der Waals surface area contributed by atoms with E-state index >= 15 is 0 Å². The number of ether oxygens (including phenoxy) is 1. The van der Waals surface area contributed by atoms with Gasteiger partial charge in [0.1, 0.15) is 0 Å². The van der Waals surface area contributed by atoms with Crippen molar-refractivity contribution in [2.24, 2.45) is 5.92 Å². The average molecular weight is 536 g/mol. The first-order valence-corrected chi connectivity index (χ1v) is 13.1. The number of aryl methyl sites for hydroxylation is 2. The third-order valence-corrected chi connectivity index (χ3v) is 6.81. The summed E-state index contributed by atoms with van der Waals surface area (Å²) in [5.74, 6) is 0.705. The van der Waals surface area contributed by atoms with Crippen LogP contribution in [0.25, 0.3) is 22.5 Å². The molecule has 0 aliphatic carbocycles. The second-order valence-electron chi connectivity index (χ2n) is 9.88. The Balaban J connectivity index is 1.41. The zero-order chi connectivity index (χ0) is 28.0. The van der Waals surface area contributed by atoms with Crippen LogP contribution in [0.5, 0.6) is 0 Å². The number of carbonyl (C=O) groups is 1. The zero-order valence-corrected chi connectivity index (χ0v) is 22.3. The van der Waals surface area contributed by atoms with Crippen molar-refractivity contribution in [2.75, 3.05) is 6.61 Å². The van der Waals surface area contributed by atoms with Gasteiger partial charge in [0.2, 0.25) is 0 Å². The Kier molecular flexibility index (Phi) is 8.90. The van der Waals surface area contributed by atoms with E-state index in [1.54, 1.807) is 13.0 Å². The van der Waals surface area contributed by atoms with Crippen LogP contribution < -0.4 is 0 Å². The van der Waals surface area contributed by atoms with E-state index < -0.39 is 11.7 Å². The molecule has 1 atom stereocenters. The fraction of sp³-hybridized carbons (Fsp3) is 0.312. The molecular weight excluding hydrogens is 503 g/mol. The Morgan fingerprint density at radius 2 is 1.59 bits per heavy atom. The molecule has 0 aliphatic rings. The molecule has 0 spiro atoms. The molecule has 1 aromatic heterocycles. The fourth-order valence-electron chi connectivity index (χ4n) is 4.63. The number of rotatable bonds is 10. The van der Waals surface area contributed by atoms with Crippen molar-refractivity contribution < 1.29 is 27.2 Å². The molecule has 0 aliphatic heterocycles. The molecule has 0 N–H and O–H groups in total. The maximum atomic E-state index is 13.0. The van der Waals surface area contributed by atoms with Gasteiger partial charge in [-0.1, -0.05) is 78.8 Å². The van der Waals surface area contributed by atoms with Gasteiger partial charge >= 0.3 is 12.1 Å². The van der Waals surface area contributed by atoms with Gasteiger partial charge in [-0.3, -0.25) is 4.79 Å². The van der Waals surface area contributed by atoms with Crippen molar-refractivity contribution >= 4 is 5.97 Å². The molecule has 0 saturated heterocycles. The normalized spacial score (nSPS) is 12.4. The summed E-state index contributed by atoms with van der Waals surface area (Å²) in [6.07, 6.45) is -2.06. The molecule has 204 valence electrons. The number of nitrogens with zero attached hydrogens (tertiary/aromatic N) is 1. The molecule has 1 unspecified atom stereocenters. The van der Waals surface area contributed by atoms with Crippen molar-refractivity contribution in [1.82, 2.24) is 5.16 Å². The summed E-state index contributed by atoms with van der Waals surface area (Å²) < 4.78 is 49.8. The van der Waals surface area contributed by atoms with E-state index in [1.807, 2.05) is 55.5 Å². The van der Waals surface area contributed by atoms with Crippen LogP contribution in [0.3, 0.4) is 0 Å². The fourth-order valence-corrected chi connectivity index (χ4v) is 4.63. The van der Waals surface area contributed by atoms with E-state index in [0.29, 0.717) is 25.0 Å². The predicted molar refractivity (Wildman–Crippen MR) is 145 cm³/mol. The molecule has 4 nitrogen and oxygen atoms in total. The van der Waals surface area contributed by atoms with Crippen LogP contribution in [0.4, 0.5) is 13.2 Å². The molecular formula is C32H32F3NO3. The molecule has 4 aromatic rings. The summed E-state index contributed by atoms with van der Waals surface area (Å²) in [6, 6.07) is 21.4. The molecule has 0 bridgehead atoms. The van der Waals surface area contributed by atoms with Crippen molar-refractivity contribution in [2.45, 2.75) is 52.6 Å². The molecule has 7 heteroatoms. The Bertz CT molecular complexity index is 1390.